The molecule has 0 bridgehead atoms. The monoisotopic (exact) mass is 559 g/mol. The van der Waals surface area contributed by atoms with E-state index in [0.29, 0.717) is 11.6 Å². The molecule has 0 atom stereocenters. The van der Waals surface area contributed by atoms with E-state index in [1.807, 2.05) is 18.2 Å². The Kier molecular flexibility index (Phi) is 6.79. The van der Waals surface area contributed by atoms with Gasteiger partial charge in [-0.3, -0.25) is 0 Å². The molecule has 1 heterocycles. The molecule has 3 nitrogen and oxygen atoms in total. The second-order valence-electron chi connectivity index (χ2n) is 10.4. The van der Waals surface area contributed by atoms with Crippen molar-refractivity contribution in [2.24, 2.45) is 0 Å². The predicted molar refractivity (Wildman–Crippen MR) is 174 cm³/mol. The van der Waals surface area contributed by atoms with Crippen molar-refractivity contribution in [1.29, 1.82) is 0 Å². The molecule has 0 N–H and O–H groups in total. The van der Waals surface area contributed by atoms with Crippen LogP contribution in [-0.4, -0.2) is 15.0 Å². The van der Waals surface area contributed by atoms with Gasteiger partial charge in [-0.05, 0) is 68.7 Å². The molecule has 0 amide bonds. The van der Waals surface area contributed by atoms with Crippen LogP contribution in [0, 0.1) is 6.92 Å². The van der Waals surface area contributed by atoms with Crippen molar-refractivity contribution in [2.45, 2.75) is 6.92 Å². The number of benzene rings is 6. The van der Waals surface area contributed by atoms with Crippen LogP contribution in [0.4, 0.5) is 0 Å². The van der Waals surface area contributed by atoms with Gasteiger partial charge in [0.05, 0.1) is 0 Å². The van der Waals surface area contributed by atoms with Crippen molar-refractivity contribution in [3.8, 4) is 56.2 Å². The van der Waals surface area contributed by atoms with Crippen LogP contribution in [0.25, 0.3) is 66.9 Å². The van der Waals surface area contributed by atoms with E-state index in [-0.39, 0.29) is 5.28 Å². The maximum absolute atomic E-state index is 6.48. The van der Waals surface area contributed by atoms with E-state index in [0.717, 1.165) is 33.4 Å². The van der Waals surface area contributed by atoms with Crippen molar-refractivity contribution in [3.05, 3.63) is 150 Å². The number of nitrogens with zero attached hydrogens (tertiary/aromatic N) is 3. The molecule has 6 aromatic carbocycles. The topological polar surface area (TPSA) is 38.7 Å². The summed E-state index contributed by atoms with van der Waals surface area (Å²) in [5.41, 5.74) is 9.85. The molecule has 0 spiro atoms. The van der Waals surface area contributed by atoms with E-state index in [1.54, 1.807) is 0 Å². The summed E-state index contributed by atoms with van der Waals surface area (Å²) in [6, 6.07) is 48.4. The van der Waals surface area contributed by atoms with Gasteiger partial charge in [0.15, 0.2) is 11.6 Å². The molecule has 0 saturated heterocycles. The van der Waals surface area contributed by atoms with Gasteiger partial charge in [-0.1, -0.05) is 139 Å². The van der Waals surface area contributed by atoms with E-state index in [2.05, 4.69) is 138 Å². The third-order valence-corrected chi connectivity index (χ3v) is 7.71. The Balaban J connectivity index is 1.29. The molecular weight excluding hydrogens is 534 g/mol. The second-order valence-corrected chi connectivity index (χ2v) is 10.7. The Morgan fingerprint density at radius 1 is 0.429 bits per heavy atom. The van der Waals surface area contributed by atoms with E-state index >= 15 is 0 Å². The highest BCUT2D eigenvalue weighted by atomic mass is 35.5. The summed E-state index contributed by atoms with van der Waals surface area (Å²) in [6.45, 7) is 2.11. The molecule has 0 unspecified atom stereocenters. The maximum Gasteiger partial charge on any atom is 0.226 e. The molecule has 4 heteroatoms. The SMILES string of the molecule is Cc1cccc(-c2ccc(-c3nc(Cl)nc(-c4ccc(-c5cccc6ccccc56)cc4)n3)cc2-c2ccccc2)c1. The molecule has 0 aliphatic rings. The average molecular weight is 560 g/mol. The Morgan fingerprint density at radius 3 is 1.86 bits per heavy atom. The van der Waals surface area contributed by atoms with Gasteiger partial charge in [0.2, 0.25) is 5.28 Å². The van der Waals surface area contributed by atoms with Crippen LogP contribution in [-0.2, 0) is 0 Å². The van der Waals surface area contributed by atoms with Crippen molar-refractivity contribution in [3.63, 3.8) is 0 Å². The van der Waals surface area contributed by atoms with Gasteiger partial charge < -0.3 is 0 Å². The van der Waals surface area contributed by atoms with E-state index in [1.165, 1.54) is 27.5 Å². The third-order valence-electron chi connectivity index (χ3n) is 7.54. The van der Waals surface area contributed by atoms with E-state index < -0.39 is 0 Å². The number of fused-ring (bicyclic) bond motifs is 1. The fourth-order valence-electron chi connectivity index (χ4n) is 5.49. The molecule has 42 heavy (non-hydrogen) atoms. The van der Waals surface area contributed by atoms with Crippen LogP contribution in [0.1, 0.15) is 5.56 Å². The van der Waals surface area contributed by atoms with Crippen LogP contribution < -0.4 is 0 Å². The lowest BCUT2D eigenvalue weighted by molar-refractivity contribution is 1.07. The lowest BCUT2D eigenvalue weighted by Crippen LogP contribution is -1.98. The summed E-state index contributed by atoms with van der Waals surface area (Å²) in [5, 5.41) is 2.61. The van der Waals surface area contributed by atoms with E-state index in [9.17, 15) is 0 Å². The largest absolute Gasteiger partial charge is 0.226 e. The van der Waals surface area contributed by atoms with Crippen LogP contribution in [0.5, 0.6) is 0 Å². The first-order chi connectivity index (χ1) is 20.6. The number of halogens is 1. The zero-order valence-electron chi connectivity index (χ0n) is 23.0. The molecule has 0 saturated carbocycles. The summed E-state index contributed by atoms with van der Waals surface area (Å²) in [7, 11) is 0. The van der Waals surface area contributed by atoms with Crippen molar-refractivity contribution < 1.29 is 0 Å². The van der Waals surface area contributed by atoms with Gasteiger partial charge in [-0.25, -0.2) is 4.98 Å². The van der Waals surface area contributed by atoms with Gasteiger partial charge in [0, 0.05) is 11.1 Å². The first-order valence-corrected chi connectivity index (χ1v) is 14.3. The minimum absolute atomic E-state index is 0.164. The number of aromatic nitrogens is 3. The average Bonchev–Trinajstić information content (AvgIpc) is 3.04. The molecule has 7 rings (SSSR count). The molecule has 200 valence electrons. The molecular formula is C38H26ClN3. The Bertz CT molecular complexity index is 2050. The van der Waals surface area contributed by atoms with Crippen molar-refractivity contribution >= 4 is 22.4 Å². The molecule has 0 aliphatic carbocycles. The highest BCUT2D eigenvalue weighted by Gasteiger charge is 2.14. The van der Waals surface area contributed by atoms with Gasteiger partial charge >= 0.3 is 0 Å². The number of hydrogen-bond donors (Lipinski definition) is 0. The summed E-state index contributed by atoms with van der Waals surface area (Å²) in [6.07, 6.45) is 0. The molecule has 7 aromatic rings. The maximum atomic E-state index is 6.48. The predicted octanol–water partition coefficient (Wildman–Crippen LogP) is 10.3. The summed E-state index contributed by atoms with van der Waals surface area (Å²) < 4.78 is 0. The minimum Gasteiger partial charge on any atom is -0.208 e. The summed E-state index contributed by atoms with van der Waals surface area (Å²) in [5.74, 6) is 1.08. The van der Waals surface area contributed by atoms with Gasteiger partial charge in [0.25, 0.3) is 0 Å². The number of aryl methyl sites for hydroxylation is 1. The standard InChI is InChI=1S/C38H26ClN3/c1-25-9-7-14-30(23-25)34-22-21-31(24-35(34)27-10-3-2-4-11-27)37-40-36(41-38(39)42-37)29-19-17-28(18-20-29)33-16-8-13-26-12-5-6-15-32(26)33/h2-24H,1H3. The minimum atomic E-state index is 0.164. The Hall–Kier alpha value is -5.12. The van der Waals surface area contributed by atoms with Crippen molar-refractivity contribution in [1.82, 2.24) is 15.0 Å². The van der Waals surface area contributed by atoms with Crippen LogP contribution in [0.2, 0.25) is 5.28 Å². The van der Waals surface area contributed by atoms with Crippen molar-refractivity contribution in [2.75, 3.05) is 0 Å². The van der Waals surface area contributed by atoms with Crippen LogP contribution in [0.15, 0.2) is 140 Å². The zero-order chi connectivity index (χ0) is 28.5. The fraction of sp³-hybridized carbons (Fsp3) is 0.0263. The number of rotatable bonds is 5. The number of hydrogen-bond acceptors (Lipinski definition) is 3. The third kappa shape index (κ3) is 5.07. The molecule has 0 radical (unpaired) electrons. The first-order valence-electron chi connectivity index (χ1n) is 13.9. The highest BCUT2D eigenvalue weighted by Crippen LogP contribution is 2.36. The Labute approximate surface area is 250 Å². The quantitative estimate of drug-likeness (QED) is 0.210. The second kappa shape index (κ2) is 11.0. The normalized spacial score (nSPS) is 11.1. The van der Waals surface area contributed by atoms with Gasteiger partial charge in [-0.15, -0.1) is 0 Å². The highest BCUT2D eigenvalue weighted by molar-refractivity contribution is 6.28. The zero-order valence-corrected chi connectivity index (χ0v) is 23.8. The van der Waals surface area contributed by atoms with Crippen LogP contribution >= 0.6 is 11.6 Å². The lowest BCUT2D eigenvalue weighted by atomic mass is 9.92. The Morgan fingerprint density at radius 2 is 1.05 bits per heavy atom. The lowest BCUT2D eigenvalue weighted by Gasteiger charge is -2.13. The van der Waals surface area contributed by atoms with Crippen LogP contribution in [0.3, 0.4) is 0 Å². The van der Waals surface area contributed by atoms with E-state index in [4.69, 9.17) is 16.6 Å². The first kappa shape index (κ1) is 25.8. The smallest absolute Gasteiger partial charge is 0.208 e. The fourth-order valence-corrected chi connectivity index (χ4v) is 5.65. The summed E-state index contributed by atoms with van der Waals surface area (Å²) >= 11 is 6.48. The van der Waals surface area contributed by atoms with Gasteiger partial charge in [0.1, 0.15) is 0 Å². The summed E-state index contributed by atoms with van der Waals surface area (Å²) in [4.78, 5) is 13.9. The molecule has 0 fully saturated rings. The van der Waals surface area contributed by atoms with Gasteiger partial charge in [-0.2, -0.15) is 9.97 Å². The molecule has 1 aromatic heterocycles. The molecule has 0 aliphatic heterocycles.